The molecule has 1 N–H and O–H groups in total. The standard InChI is InChI=1S/C15H24BNO3/c1-6-17-7-8-18-16-19-13-10-11(2)9-12(14(13)20-16)15(3,4)5/h9-10,17H,6-8H2,1-5H3. The molecule has 0 unspecified atom stereocenters. The largest absolute Gasteiger partial charge is 0.788 e. The van der Waals surface area contributed by atoms with E-state index in [0.717, 1.165) is 30.2 Å². The Balaban J connectivity index is 2.08. The highest BCUT2D eigenvalue weighted by Gasteiger charge is 2.38. The van der Waals surface area contributed by atoms with Crippen LogP contribution >= 0.6 is 0 Å². The van der Waals surface area contributed by atoms with Gasteiger partial charge in [0.25, 0.3) is 0 Å². The minimum absolute atomic E-state index is 0.0120. The van der Waals surface area contributed by atoms with E-state index in [1.54, 1.807) is 0 Å². The van der Waals surface area contributed by atoms with E-state index in [1.165, 1.54) is 5.56 Å². The Morgan fingerprint density at radius 3 is 2.65 bits per heavy atom. The lowest BCUT2D eigenvalue weighted by atomic mass is 9.85. The molecule has 0 aliphatic carbocycles. The third-order valence-corrected chi connectivity index (χ3v) is 3.23. The SMILES string of the molecule is CCNCCOB1Oc2cc(C)cc(C(C)(C)C)c2O1. The van der Waals surface area contributed by atoms with Crippen molar-refractivity contribution in [3.05, 3.63) is 23.3 Å². The van der Waals surface area contributed by atoms with E-state index >= 15 is 0 Å². The lowest BCUT2D eigenvalue weighted by Crippen LogP contribution is -2.32. The molecule has 0 fully saturated rings. The van der Waals surface area contributed by atoms with E-state index < -0.39 is 7.32 Å². The van der Waals surface area contributed by atoms with Crippen LogP contribution in [-0.4, -0.2) is 27.0 Å². The Morgan fingerprint density at radius 2 is 2.00 bits per heavy atom. The van der Waals surface area contributed by atoms with Crippen LogP contribution in [0.5, 0.6) is 11.5 Å². The van der Waals surface area contributed by atoms with Gasteiger partial charge in [-0.25, -0.2) is 0 Å². The van der Waals surface area contributed by atoms with Gasteiger partial charge in [-0.05, 0) is 30.5 Å². The fraction of sp³-hybridized carbons (Fsp3) is 0.600. The van der Waals surface area contributed by atoms with E-state index in [4.69, 9.17) is 14.0 Å². The molecule has 0 atom stereocenters. The van der Waals surface area contributed by atoms with Gasteiger partial charge in [-0.2, -0.15) is 0 Å². The molecule has 1 aliphatic heterocycles. The monoisotopic (exact) mass is 277 g/mol. The number of benzene rings is 1. The summed E-state index contributed by atoms with van der Waals surface area (Å²) in [7, 11) is -0.633. The summed E-state index contributed by atoms with van der Waals surface area (Å²) in [6.45, 7) is 12.9. The molecule has 1 aliphatic rings. The summed E-state index contributed by atoms with van der Waals surface area (Å²) < 4.78 is 17.1. The van der Waals surface area contributed by atoms with Crippen molar-refractivity contribution in [3.8, 4) is 11.5 Å². The second kappa shape index (κ2) is 6.06. The first-order valence-corrected chi connectivity index (χ1v) is 7.22. The topological polar surface area (TPSA) is 39.7 Å². The molecule has 1 aromatic carbocycles. The number of aryl methyl sites for hydroxylation is 1. The quantitative estimate of drug-likeness (QED) is 0.663. The lowest BCUT2D eigenvalue weighted by molar-refractivity contribution is 0.222. The van der Waals surface area contributed by atoms with Crippen LogP contribution in [0.1, 0.15) is 38.8 Å². The number of hydrogen-bond donors (Lipinski definition) is 1. The van der Waals surface area contributed by atoms with Crippen LogP contribution in [0, 0.1) is 6.92 Å². The van der Waals surface area contributed by atoms with Crippen molar-refractivity contribution < 1.29 is 14.0 Å². The molecule has 0 saturated heterocycles. The molecule has 1 heterocycles. The maximum absolute atomic E-state index is 5.83. The van der Waals surface area contributed by atoms with E-state index in [1.807, 2.05) is 6.07 Å². The highest BCUT2D eigenvalue weighted by molar-refractivity contribution is 6.40. The van der Waals surface area contributed by atoms with Crippen molar-refractivity contribution in [2.75, 3.05) is 19.7 Å². The van der Waals surface area contributed by atoms with Gasteiger partial charge in [-0.3, -0.25) is 0 Å². The van der Waals surface area contributed by atoms with Crippen molar-refractivity contribution in [1.29, 1.82) is 0 Å². The first-order valence-electron chi connectivity index (χ1n) is 7.22. The van der Waals surface area contributed by atoms with Gasteiger partial charge in [0.2, 0.25) is 0 Å². The predicted octanol–water partition coefficient (Wildman–Crippen LogP) is 2.67. The van der Waals surface area contributed by atoms with Crippen molar-refractivity contribution in [2.24, 2.45) is 0 Å². The summed E-state index contributed by atoms with van der Waals surface area (Å²) >= 11 is 0. The second-order valence-corrected chi connectivity index (χ2v) is 6.14. The molecule has 0 radical (unpaired) electrons. The van der Waals surface area contributed by atoms with Crippen LogP contribution in [0.4, 0.5) is 0 Å². The maximum atomic E-state index is 5.83. The van der Waals surface area contributed by atoms with Gasteiger partial charge >= 0.3 is 7.32 Å². The van der Waals surface area contributed by atoms with Crippen LogP contribution < -0.4 is 14.6 Å². The van der Waals surface area contributed by atoms with Crippen LogP contribution in [0.15, 0.2) is 12.1 Å². The van der Waals surface area contributed by atoms with Gasteiger partial charge in [0.1, 0.15) is 11.5 Å². The van der Waals surface area contributed by atoms with Gasteiger partial charge in [-0.15, -0.1) is 0 Å². The van der Waals surface area contributed by atoms with E-state index in [0.29, 0.717) is 6.61 Å². The lowest BCUT2D eigenvalue weighted by Gasteiger charge is -2.21. The van der Waals surface area contributed by atoms with Gasteiger partial charge in [0, 0.05) is 18.7 Å². The zero-order chi connectivity index (χ0) is 14.8. The Hall–Kier alpha value is -1.20. The zero-order valence-corrected chi connectivity index (χ0v) is 13.1. The molecule has 0 amide bonds. The average molecular weight is 277 g/mol. The minimum Gasteiger partial charge on any atom is -0.498 e. The summed E-state index contributed by atoms with van der Waals surface area (Å²) in [4.78, 5) is 0. The van der Waals surface area contributed by atoms with Gasteiger partial charge in [-0.1, -0.05) is 33.8 Å². The summed E-state index contributed by atoms with van der Waals surface area (Å²) in [6, 6.07) is 4.15. The van der Waals surface area contributed by atoms with E-state index in [2.05, 4.69) is 46.0 Å². The van der Waals surface area contributed by atoms with E-state index in [9.17, 15) is 0 Å². The van der Waals surface area contributed by atoms with Crippen LogP contribution in [0.2, 0.25) is 0 Å². The summed E-state index contributed by atoms with van der Waals surface area (Å²) in [5.41, 5.74) is 2.34. The van der Waals surface area contributed by atoms with Gasteiger partial charge < -0.3 is 19.3 Å². The van der Waals surface area contributed by atoms with Crippen molar-refractivity contribution in [1.82, 2.24) is 5.32 Å². The number of rotatable bonds is 5. The Kier molecular flexibility index (Phi) is 4.61. The molecule has 0 spiro atoms. The molecule has 5 heteroatoms. The molecule has 1 aromatic rings. The van der Waals surface area contributed by atoms with Crippen molar-refractivity contribution in [2.45, 2.75) is 40.0 Å². The fourth-order valence-electron chi connectivity index (χ4n) is 2.20. The highest BCUT2D eigenvalue weighted by atomic mass is 16.8. The van der Waals surface area contributed by atoms with Crippen molar-refractivity contribution in [3.63, 3.8) is 0 Å². The normalized spacial score (nSPS) is 13.9. The number of fused-ring (bicyclic) bond motifs is 1. The number of likely N-dealkylation sites (N-methyl/N-ethyl adjacent to an activating group) is 1. The molecule has 0 aromatic heterocycles. The molecule has 2 rings (SSSR count). The molecular weight excluding hydrogens is 253 g/mol. The molecular formula is C15H24BNO3. The van der Waals surface area contributed by atoms with Crippen molar-refractivity contribution >= 4 is 7.32 Å². The van der Waals surface area contributed by atoms with Crippen LogP contribution in [0.3, 0.4) is 0 Å². The van der Waals surface area contributed by atoms with Gasteiger partial charge in [0.15, 0.2) is 0 Å². The maximum Gasteiger partial charge on any atom is 0.788 e. The Bertz CT molecular complexity index is 471. The summed E-state index contributed by atoms with van der Waals surface area (Å²) in [6.07, 6.45) is 0. The number of hydrogen-bond acceptors (Lipinski definition) is 4. The van der Waals surface area contributed by atoms with Crippen LogP contribution in [0.25, 0.3) is 0 Å². The highest BCUT2D eigenvalue weighted by Crippen LogP contribution is 2.43. The first kappa shape index (κ1) is 15.2. The molecule has 0 bridgehead atoms. The first-order chi connectivity index (χ1) is 9.41. The third-order valence-electron chi connectivity index (χ3n) is 3.23. The fourth-order valence-corrected chi connectivity index (χ4v) is 2.20. The Morgan fingerprint density at radius 1 is 1.25 bits per heavy atom. The van der Waals surface area contributed by atoms with Gasteiger partial charge in [0.05, 0.1) is 0 Å². The zero-order valence-electron chi connectivity index (χ0n) is 13.1. The smallest absolute Gasteiger partial charge is 0.498 e. The predicted molar refractivity (Wildman–Crippen MR) is 81.4 cm³/mol. The summed E-state index contributed by atoms with van der Waals surface area (Å²) in [5, 5.41) is 3.20. The summed E-state index contributed by atoms with van der Waals surface area (Å²) in [5.74, 6) is 1.60. The molecule has 20 heavy (non-hydrogen) atoms. The van der Waals surface area contributed by atoms with Crippen LogP contribution in [-0.2, 0) is 10.1 Å². The number of nitrogens with one attached hydrogen (secondary N) is 1. The third kappa shape index (κ3) is 3.47. The molecule has 110 valence electrons. The van der Waals surface area contributed by atoms with E-state index in [-0.39, 0.29) is 5.41 Å². The minimum atomic E-state index is -0.633. The molecule has 4 nitrogen and oxygen atoms in total. The molecule has 0 saturated carbocycles. The Labute approximate surface area is 122 Å². The second-order valence-electron chi connectivity index (χ2n) is 6.14. The average Bonchev–Trinajstić information content (AvgIpc) is 2.74.